The molecule has 0 aliphatic carbocycles. The number of H-pyrrole nitrogens is 1. The van der Waals surface area contributed by atoms with Crippen molar-refractivity contribution < 1.29 is 14.0 Å². The average molecular weight is 425 g/mol. The number of ether oxygens (including phenoxy) is 2. The Morgan fingerprint density at radius 2 is 1.91 bits per heavy atom. The molecule has 5 rings (SSSR count). The largest absolute Gasteiger partial charge is 0.457 e. The zero-order chi connectivity index (χ0) is 22.1. The standard InChI is InChI=1S/C24H19N5O3/c1-3-21-28-24(32-29-21)23-18(13-30-2)22-17-10-16(8-9-19(17)27-20(22)12-26-23)31-15-6-4-14(11-25)5-7-15/h4-10,12,27H,3,13H2,1-2H3. The van der Waals surface area contributed by atoms with Gasteiger partial charge >= 0.3 is 0 Å². The summed E-state index contributed by atoms with van der Waals surface area (Å²) in [7, 11) is 1.64. The molecule has 0 spiro atoms. The van der Waals surface area contributed by atoms with Crippen LogP contribution in [0, 0.1) is 11.3 Å². The fourth-order valence-corrected chi connectivity index (χ4v) is 3.70. The van der Waals surface area contributed by atoms with Crippen molar-refractivity contribution in [2.24, 2.45) is 0 Å². The number of aryl methyl sites for hydroxylation is 1. The summed E-state index contributed by atoms with van der Waals surface area (Å²) >= 11 is 0. The number of methoxy groups -OCH3 is 1. The van der Waals surface area contributed by atoms with Crippen molar-refractivity contribution in [1.82, 2.24) is 20.1 Å². The minimum atomic E-state index is 0.331. The van der Waals surface area contributed by atoms with Crippen LogP contribution in [0.5, 0.6) is 11.5 Å². The molecule has 3 aromatic heterocycles. The molecule has 32 heavy (non-hydrogen) atoms. The van der Waals surface area contributed by atoms with Crippen LogP contribution in [0.15, 0.2) is 53.2 Å². The van der Waals surface area contributed by atoms with Gasteiger partial charge in [0.25, 0.3) is 5.89 Å². The number of nitriles is 1. The summed E-state index contributed by atoms with van der Waals surface area (Å²) in [6.07, 6.45) is 2.44. The molecule has 8 heteroatoms. The molecule has 0 aliphatic rings. The summed E-state index contributed by atoms with van der Waals surface area (Å²) in [5, 5.41) is 14.9. The topological polar surface area (TPSA) is 110 Å². The molecule has 0 radical (unpaired) electrons. The van der Waals surface area contributed by atoms with E-state index in [9.17, 15) is 0 Å². The van der Waals surface area contributed by atoms with Gasteiger partial charge in [0.2, 0.25) is 0 Å². The maximum Gasteiger partial charge on any atom is 0.276 e. The lowest BCUT2D eigenvalue weighted by Gasteiger charge is -2.08. The Balaban J connectivity index is 1.64. The first kappa shape index (κ1) is 19.7. The molecule has 2 aromatic carbocycles. The SMILES string of the molecule is CCc1noc(-c2ncc3[nH]c4ccc(Oc5ccc(C#N)cc5)cc4c3c2COC)n1. The zero-order valence-electron chi connectivity index (χ0n) is 17.5. The molecule has 0 amide bonds. The van der Waals surface area contributed by atoms with E-state index in [4.69, 9.17) is 19.3 Å². The Kier molecular flexibility index (Phi) is 5.01. The van der Waals surface area contributed by atoms with Gasteiger partial charge in [0.15, 0.2) is 5.82 Å². The first-order valence-corrected chi connectivity index (χ1v) is 10.1. The number of nitrogens with one attached hydrogen (secondary N) is 1. The van der Waals surface area contributed by atoms with Gasteiger partial charge in [-0.3, -0.25) is 0 Å². The lowest BCUT2D eigenvalue weighted by molar-refractivity contribution is 0.186. The van der Waals surface area contributed by atoms with Crippen molar-refractivity contribution in [3.63, 3.8) is 0 Å². The van der Waals surface area contributed by atoms with Crippen LogP contribution in [0.2, 0.25) is 0 Å². The Morgan fingerprint density at radius 3 is 2.62 bits per heavy atom. The Labute approximate surface area is 183 Å². The van der Waals surface area contributed by atoms with Crippen LogP contribution in [0.3, 0.4) is 0 Å². The molecular formula is C24H19N5O3. The van der Waals surface area contributed by atoms with E-state index in [1.807, 2.05) is 25.1 Å². The van der Waals surface area contributed by atoms with Crippen molar-refractivity contribution in [3.05, 3.63) is 65.6 Å². The molecule has 8 nitrogen and oxygen atoms in total. The fourth-order valence-electron chi connectivity index (χ4n) is 3.70. The van der Waals surface area contributed by atoms with E-state index in [2.05, 4.69) is 26.2 Å². The number of aromatic amines is 1. The highest BCUT2D eigenvalue weighted by molar-refractivity contribution is 6.10. The summed E-state index contributed by atoms with van der Waals surface area (Å²) in [6, 6.07) is 14.9. The third-order valence-electron chi connectivity index (χ3n) is 5.20. The van der Waals surface area contributed by atoms with E-state index in [1.165, 1.54) is 0 Å². The minimum Gasteiger partial charge on any atom is -0.457 e. The summed E-state index contributed by atoms with van der Waals surface area (Å²) < 4.78 is 17.0. The lowest BCUT2D eigenvalue weighted by Crippen LogP contribution is -1.97. The number of fused-ring (bicyclic) bond motifs is 3. The van der Waals surface area contributed by atoms with Crippen molar-refractivity contribution in [2.45, 2.75) is 20.0 Å². The molecular weight excluding hydrogens is 406 g/mol. The lowest BCUT2D eigenvalue weighted by atomic mass is 10.1. The second-order valence-electron chi connectivity index (χ2n) is 7.25. The van der Waals surface area contributed by atoms with Crippen molar-refractivity contribution >= 4 is 21.8 Å². The molecule has 0 unspecified atom stereocenters. The number of hydrogen-bond acceptors (Lipinski definition) is 7. The molecule has 158 valence electrons. The van der Waals surface area contributed by atoms with E-state index >= 15 is 0 Å². The van der Waals surface area contributed by atoms with Crippen molar-refractivity contribution in [1.29, 1.82) is 5.26 Å². The predicted octanol–water partition coefficient (Wildman–Crippen LogP) is 5.14. The van der Waals surface area contributed by atoms with E-state index in [-0.39, 0.29) is 0 Å². The number of pyridine rings is 1. The summed E-state index contributed by atoms with van der Waals surface area (Å²) in [6.45, 7) is 2.30. The van der Waals surface area contributed by atoms with E-state index < -0.39 is 0 Å². The van der Waals surface area contributed by atoms with Gasteiger partial charge in [-0.25, -0.2) is 4.98 Å². The van der Waals surface area contributed by atoms with Crippen LogP contribution in [0.25, 0.3) is 33.4 Å². The van der Waals surface area contributed by atoms with Gasteiger partial charge in [-0.1, -0.05) is 12.1 Å². The van der Waals surface area contributed by atoms with Crippen LogP contribution >= 0.6 is 0 Å². The summed E-state index contributed by atoms with van der Waals surface area (Å²) in [5.41, 5.74) is 3.87. The molecule has 1 N–H and O–H groups in total. The molecule has 0 atom stereocenters. The molecule has 3 heterocycles. The number of nitrogens with zero attached hydrogens (tertiary/aromatic N) is 4. The summed E-state index contributed by atoms with van der Waals surface area (Å²) in [4.78, 5) is 12.4. The molecule has 0 aliphatic heterocycles. The highest BCUT2D eigenvalue weighted by Gasteiger charge is 2.20. The summed E-state index contributed by atoms with van der Waals surface area (Å²) in [5.74, 6) is 2.33. The Bertz CT molecular complexity index is 1460. The number of rotatable bonds is 6. The van der Waals surface area contributed by atoms with Gasteiger partial charge in [0, 0.05) is 35.4 Å². The number of hydrogen-bond donors (Lipinski definition) is 1. The van der Waals surface area contributed by atoms with E-state index in [0.29, 0.717) is 47.5 Å². The van der Waals surface area contributed by atoms with Gasteiger partial charge in [-0.2, -0.15) is 10.2 Å². The molecule has 0 bridgehead atoms. The molecule has 5 aromatic rings. The molecule has 0 fully saturated rings. The van der Waals surface area contributed by atoms with Crippen molar-refractivity contribution in [2.75, 3.05) is 7.11 Å². The second-order valence-corrected chi connectivity index (χ2v) is 7.25. The van der Waals surface area contributed by atoms with Gasteiger partial charge in [-0.05, 0) is 42.5 Å². The van der Waals surface area contributed by atoms with E-state index in [0.717, 1.165) is 27.4 Å². The van der Waals surface area contributed by atoms with Crippen LogP contribution < -0.4 is 4.74 Å². The van der Waals surface area contributed by atoms with Crippen LogP contribution in [-0.2, 0) is 17.8 Å². The maximum atomic E-state index is 8.98. The highest BCUT2D eigenvalue weighted by atomic mass is 16.5. The highest BCUT2D eigenvalue weighted by Crippen LogP contribution is 2.36. The quantitative estimate of drug-likeness (QED) is 0.401. The fraction of sp³-hybridized carbons (Fsp3) is 0.167. The average Bonchev–Trinajstić information content (AvgIpc) is 3.44. The maximum absolute atomic E-state index is 8.98. The molecule has 0 saturated carbocycles. The first-order chi connectivity index (χ1) is 15.7. The predicted molar refractivity (Wildman–Crippen MR) is 118 cm³/mol. The third kappa shape index (κ3) is 3.45. The van der Waals surface area contributed by atoms with Crippen LogP contribution in [-0.4, -0.2) is 27.2 Å². The smallest absolute Gasteiger partial charge is 0.276 e. The van der Waals surface area contributed by atoms with Crippen LogP contribution in [0.4, 0.5) is 0 Å². The zero-order valence-corrected chi connectivity index (χ0v) is 17.5. The van der Waals surface area contributed by atoms with Crippen LogP contribution in [0.1, 0.15) is 23.9 Å². The normalized spacial score (nSPS) is 11.2. The van der Waals surface area contributed by atoms with E-state index in [1.54, 1.807) is 37.6 Å². The van der Waals surface area contributed by atoms with Gasteiger partial charge in [-0.15, -0.1) is 0 Å². The third-order valence-corrected chi connectivity index (χ3v) is 5.20. The van der Waals surface area contributed by atoms with Gasteiger partial charge < -0.3 is 19.0 Å². The monoisotopic (exact) mass is 425 g/mol. The van der Waals surface area contributed by atoms with Gasteiger partial charge in [0.05, 0.1) is 30.0 Å². The minimum absolute atomic E-state index is 0.331. The second kappa shape index (κ2) is 8.13. The Hall–Kier alpha value is -4.22. The first-order valence-electron chi connectivity index (χ1n) is 10.1. The van der Waals surface area contributed by atoms with Gasteiger partial charge in [0.1, 0.15) is 17.2 Å². The number of benzene rings is 2. The number of aromatic nitrogens is 4. The molecule has 0 saturated heterocycles. The van der Waals surface area contributed by atoms with Crippen molar-refractivity contribution in [3.8, 4) is 29.2 Å². The Morgan fingerprint density at radius 1 is 1.09 bits per heavy atom.